The first-order valence-corrected chi connectivity index (χ1v) is 8.78. The number of hydrogen-bond acceptors (Lipinski definition) is 6. The number of aliphatic hydroxyl groups excluding tert-OH is 1. The Hall–Kier alpha value is -2.43. The molecule has 4 N–H and O–H groups in total. The first-order valence-electron chi connectivity index (χ1n) is 7.99. The molecule has 0 atom stereocenters. The molecule has 0 saturated carbocycles. The quantitative estimate of drug-likeness (QED) is 0.406. The van der Waals surface area contributed by atoms with Gasteiger partial charge < -0.3 is 20.6 Å². The van der Waals surface area contributed by atoms with Gasteiger partial charge in [0.15, 0.2) is 5.82 Å². The number of hydrogen-bond donors (Lipinski definition) is 4. The molecule has 27 heavy (non-hydrogen) atoms. The maximum Gasteiger partial charge on any atom is 0.277 e. The molecule has 0 radical (unpaired) electrons. The van der Waals surface area contributed by atoms with Gasteiger partial charge in [-0.05, 0) is 24.3 Å². The third-order valence-electron chi connectivity index (χ3n) is 3.94. The van der Waals surface area contributed by atoms with E-state index in [0.29, 0.717) is 16.8 Å². The van der Waals surface area contributed by atoms with Crippen LogP contribution in [0.3, 0.4) is 0 Å². The summed E-state index contributed by atoms with van der Waals surface area (Å²) < 4.78 is 29.8. The fourth-order valence-electron chi connectivity index (χ4n) is 2.63. The minimum atomic E-state index is -0.731. The van der Waals surface area contributed by atoms with Crippen molar-refractivity contribution >= 4 is 44.6 Å². The molecule has 1 amide bonds. The molecule has 10 heteroatoms. The standard InChI is InChI=1S/C17H17BrF2N4O3/c1-24-8-21-16-13(24)7-10(17(26)23-27-5-4-25)15(14(16)20)22-12-3-2-9(18)6-11(12)19/h2-3,6-7,21-22,25H,4-5,8H2,1H3,(H,23,26). The monoisotopic (exact) mass is 442 g/mol. The SMILES string of the molecule is CN1CNc2c1cc(C(=O)NOCCO)c(Nc1ccc(Br)cc1F)c2F. The average Bonchev–Trinajstić information content (AvgIpc) is 3.00. The fourth-order valence-corrected chi connectivity index (χ4v) is 2.97. The molecule has 0 bridgehead atoms. The Kier molecular flexibility index (Phi) is 5.78. The lowest BCUT2D eigenvalue weighted by molar-refractivity contribution is 0.0169. The maximum absolute atomic E-state index is 15.1. The van der Waals surface area contributed by atoms with Gasteiger partial charge in [0.1, 0.15) is 5.82 Å². The highest BCUT2D eigenvalue weighted by Crippen LogP contribution is 2.40. The predicted molar refractivity (Wildman–Crippen MR) is 101 cm³/mol. The molecule has 0 spiro atoms. The number of fused-ring (bicyclic) bond motifs is 1. The molecular weight excluding hydrogens is 426 g/mol. The largest absolute Gasteiger partial charge is 0.394 e. The molecule has 1 aliphatic rings. The van der Waals surface area contributed by atoms with Crippen LogP contribution < -0.4 is 21.0 Å². The Bertz CT molecular complexity index is 882. The van der Waals surface area contributed by atoms with Gasteiger partial charge >= 0.3 is 0 Å². The van der Waals surface area contributed by atoms with E-state index in [1.54, 1.807) is 18.0 Å². The normalized spacial score (nSPS) is 12.6. The summed E-state index contributed by atoms with van der Waals surface area (Å²) in [6.45, 7) is -0.0458. The van der Waals surface area contributed by atoms with Gasteiger partial charge in [0.25, 0.3) is 5.91 Å². The molecule has 0 unspecified atom stereocenters. The highest BCUT2D eigenvalue weighted by atomic mass is 79.9. The van der Waals surface area contributed by atoms with Crippen LogP contribution in [-0.2, 0) is 4.84 Å². The second kappa shape index (κ2) is 8.07. The smallest absolute Gasteiger partial charge is 0.277 e. The van der Waals surface area contributed by atoms with E-state index in [-0.39, 0.29) is 35.8 Å². The third-order valence-corrected chi connectivity index (χ3v) is 4.44. The van der Waals surface area contributed by atoms with Crippen molar-refractivity contribution in [2.24, 2.45) is 0 Å². The molecule has 7 nitrogen and oxygen atoms in total. The van der Waals surface area contributed by atoms with Crippen molar-refractivity contribution in [2.45, 2.75) is 0 Å². The summed E-state index contributed by atoms with van der Waals surface area (Å²) in [6, 6.07) is 5.72. The van der Waals surface area contributed by atoms with Gasteiger partial charge in [-0.15, -0.1) is 0 Å². The Balaban J connectivity index is 2.03. The number of anilines is 4. The molecule has 1 heterocycles. The van der Waals surface area contributed by atoms with Crippen molar-refractivity contribution in [3.8, 4) is 0 Å². The molecule has 0 aromatic heterocycles. The molecule has 0 saturated heterocycles. The second-order valence-corrected chi connectivity index (χ2v) is 6.71. The van der Waals surface area contributed by atoms with Crippen LogP contribution in [0.5, 0.6) is 0 Å². The number of hydroxylamine groups is 1. The van der Waals surface area contributed by atoms with Crippen LogP contribution in [0.2, 0.25) is 0 Å². The zero-order valence-electron chi connectivity index (χ0n) is 14.3. The number of amides is 1. The van der Waals surface area contributed by atoms with Crippen molar-refractivity contribution in [1.29, 1.82) is 0 Å². The lowest BCUT2D eigenvalue weighted by atomic mass is 10.1. The number of carbonyl (C=O) groups excluding carboxylic acids is 1. The summed E-state index contributed by atoms with van der Waals surface area (Å²) >= 11 is 3.16. The van der Waals surface area contributed by atoms with E-state index in [1.807, 2.05) is 0 Å². The minimum Gasteiger partial charge on any atom is -0.394 e. The van der Waals surface area contributed by atoms with Crippen LogP contribution in [0.4, 0.5) is 31.5 Å². The number of halogens is 3. The molecule has 3 rings (SSSR count). The molecule has 2 aromatic rings. The summed E-state index contributed by atoms with van der Waals surface area (Å²) in [5.41, 5.74) is 2.59. The van der Waals surface area contributed by atoms with E-state index in [1.165, 1.54) is 18.2 Å². The van der Waals surface area contributed by atoms with E-state index in [0.717, 1.165) is 0 Å². The van der Waals surface area contributed by atoms with Gasteiger partial charge in [-0.25, -0.2) is 14.3 Å². The summed E-state index contributed by atoms with van der Waals surface area (Å²) in [5, 5.41) is 14.3. The Morgan fingerprint density at radius 2 is 2.19 bits per heavy atom. The highest BCUT2D eigenvalue weighted by Gasteiger charge is 2.27. The molecule has 1 aliphatic heterocycles. The van der Waals surface area contributed by atoms with Crippen molar-refractivity contribution in [2.75, 3.05) is 42.5 Å². The molecular formula is C17H17BrF2N4O3. The Labute approximate surface area is 162 Å². The number of benzene rings is 2. The zero-order chi connectivity index (χ0) is 19.6. The van der Waals surface area contributed by atoms with Crippen molar-refractivity contribution < 1.29 is 23.5 Å². The summed E-state index contributed by atoms with van der Waals surface area (Å²) in [5.74, 6) is -2.06. The van der Waals surface area contributed by atoms with Gasteiger partial charge in [-0.3, -0.25) is 9.63 Å². The van der Waals surface area contributed by atoms with Crippen LogP contribution in [0.15, 0.2) is 28.7 Å². The summed E-state index contributed by atoms with van der Waals surface area (Å²) in [6.07, 6.45) is 0. The highest BCUT2D eigenvalue weighted by molar-refractivity contribution is 9.10. The van der Waals surface area contributed by atoms with Crippen molar-refractivity contribution in [1.82, 2.24) is 5.48 Å². The average molecular weight is 443 g/mol. The number of nitrogens with zero attached hydrogens (tertiary/aromatic N) is 1. The third kappa shape index (κ3) is 3.97. The van der Waals surface area contributed by atoms with Crippen LogP contribution in [0, 0.1) is 11.6 Å². The van der Waals surface area contributed by atoms with Crippen LogP contribution in [0.25, 0.3) is 0 Å². The maximum atomic E-state index is 15.1. The number of rotatable bonds is 6. The van der Waals surface area contributed by atoms with Gasteiger partial charge in [0, 0.05) is 11.5 Å². The molecule has 0 fully saturated rings. The van der Waals surface area contributed by atoms with Gasteiger partial charge in [0.2, 0.25) is 0 Å². The first kappa shape index (κ1) is 19.3. The van der Waals surface area contributed by atoms with Crippen molar-refractivity contribution in [3.63, 3.8) is 0 Å². The number of nitrogens with one attached hydrogen (secondary N) is 3. The summed E-state index contributed by atoms with van der Waals surface area (Å²) in [4.78, 5) is 19.0. The van der Waals surface area contributed by atoms with E-state index in [9.17, 15) is 9.18 Å². The zero-order valence-corrected chi connectivity index (χ0v) is 15.9. The number of carbonyl (C=O) groups is 1. The van der Waals surface area contributed by atoms with Crippen LogP contribution in [0.1, 0.15) is 10.4 Å². The van der Waals surface area contributed by atoms with Crippen molar-refractivity contribution in [3.05, 3.63) is 45.9 Å². The first-order chi connectivity index (χ1) is 12.9. The van der Waals surface area contributed by atoms with Gasteiger partial charge in [-0.2, -0.15) is 0 Å². The topological polar surface area (TPSA) is 85.9 Å². The molecule has 2 aromatic carbocycles. The minimum absolute atomic E-state index is 0.00808. The summed E-state index contributed by atoms with van der Waals surface area (Å²) in [7, 11) is 1.74. The van der Waals surface area contributed by atoms with E-state index >= 15 is 4.39 Å². The molecule has 0 aliphatic carbocycles. The van der Waals surface area contributed by atoms with E-state index in [4.69, 9.17) is 9.94 Å². The molecule has 144 valence electrons. The number of aliphatic hydroxyl groups is 1. The van der Waals surface area contributed by atoms with Gasteiger partial charge in [0.05, 0.1) is 48.2 Å². The Morgan fingerprint density at radius 1 is 1.41 bits per heavy atom. The van der Waals surface area contributed by atoms with E-state index in [2.05, 4.69) is 32.0 Å². The lowest BCUT2D eigenvalue weighted by Crippen LogP contribution is -2.26. The fraction of sp³-hybridized carbons (Fsp3) is 0.235. The second-order valence-electron chi connectivity index (χ2n) is 5.79. The lowest BCUT2D eigenvalue weighted by Gasteiger charge is -2.17. The Morgan fingerprint density at radius 3 is 2.89 bits per heavy atom. The predicted octanol–water partition coefficient (Wildman–Crippen LogP) is 2.94. The van der Waals surface area contributed by atoms with E-state index < -0.39 is 17.5 Å². The van der Waals surface area contributed by atoms with Crippen LogP contribution >= 0.6 is 15.9 Å². The van der Waals surface area contributed by atoms with Crippen LogP contribution in [-0.4, -0.2) is 37.9 Å². The van der Waals surface area contributed by atoms with Gasteiger partial charge in [-0.1, -0.05) is 15.9 Å².